The molecule has 1 aromatic heterocycles. The van der Waals surface area contributed by atoms with E-state index in [0.29, 0.717) is 4.08 Å². The summed E-state index contributed by atoms with van der Waals surface area (Å²) in [6.45, 7) is 3.48. The highest BCUT2D eigenvalue weighted by Crippen LogP contribution is 2.59. The average Bonchev–Trinajstić information content (AvgIpc) is 3.17. The Bertz CT molecular complexity index is 387. The summed E-state index contributed by atoms with van der Waals surface area (Å²) in [5.74, 6) is 2.31. The molecule has 0 amide bonds. The molecule has 0 aromatic carbocycles. The molecule has 1 aliphatic carbocycles. The van der Waals surface area contributed by atoms with E-state index in [1.165, 1.54) is 44.3 Å². The molecule has 2 fully saturated rings. The van der Waals surface area contributed by atoms with Gasteiger partial charge in [0.05, 0.1) is 10.4 Å². The van der Waals surface area contributed by atoms with Crippen molar-refractivity contribution in [1.29, 1.82) is 0 Å². The minimum atomic E-state index is 0.501. The second kappa shape index (κ2) is 6.13. The third-order valence-electron chi connectivity index (χ3n) is 4.59. The van der Waals surface area contributed by atoms with Crippen molar-refractivity contribution >= 4 is 23.5 Å². The molecule has 0 radical (unpaired) electrons. The Morgan fingerprint density at radius 3 is 2.84 bits per heavy atom. The third kappa shape index (κ3) is 2.99. The molecule has 1 saturated carbocycles. The summed E-state index contributed by atoms with van der Waals surface area (Å²) in [7, 11) is 0. The van der Waals surface area contributed by atoms with Gasteiger partial charge in [-0.3, -0.25) is 0 Å². The van der Waals surface area contributed by atoms with E-state index < -0.39 is 0 Å². The number of rotatable bonds is 5. The molecule has 0 N–H and O–H groups in total. The molecule has 106 valence electrons. The van der Waals surface area contributed by atoms with Crippen LogP contribution in [-0.2, 0) is 6.54 Å². The number of imidazole rings is 1. The topological polar surface area (TPSA) is 17.8 Å². The zero-order valence-corrected chi connectivity index (χ0v) is 13.4. The summed E-state index contributed by atoms with van der Waals surface area (Å²) < 4.78 is 2.75. The number of hydrogen-bond donors (Lipinski definition) is 0. The number of aromatic nitrogens is 2. The van der Waals surface area contributed by atoms with Crippen molar-refractivity contribution < 1.29 is 0 Å². The maximum absolute atomic E-state index is 4.17. The summed E-state index contributed by atoms with van der Waals surface area (Å²) in [6, 6.07) is 0. The Balaban J connectivity index is 1.69. The van der Waals surface area contributed by atoms with E-state index >= 15 is 0 Å². The predicted octanol–water partition coefficient (Wildman–Crippen LogP) is 4.42. The van der Waals surface area contributed by atoms with Crippen LogP contribution in [0.5, 0.6) is 0 Å². The molecule has 1 aliphatic heterocycles. The highest BCUT2D eigenvalue weighted by Gasteiger charge is 2.46. The normalized spacial score (nSPS) is 32.2. The maximum atomic E-state index is 4.17. The van der Waals surface area contributed by atoms with Crippen molar-refractivity contribution in [3.63, 3.8) is 0 Å². The molecule has 19 heavy (non-hydrogen) atoms. The quantitative estimate of drug-likeness (QED) is 0.801. The first-order chi connectivity index (χ1) is 9.32. The van der Waals surface area contributed by atoms with Gasteiger partial charge in [-0.2, -0.15) is 0 Å². The van der Waals surface area contributed by atoms with Crippen LogP contribution in [0.15, 0.2) is 18.7 Å². The van der Waals surface area contributed by atoms with Gasteiger partial charge in [-0.05, 0) is 31.6 Å². The fraction of sp³-hybridized carbons (Fsp3) is 0.800. The van der Waals surface area contributed by atoms with Gasteiger partial charge in [0.15, 0.2) is 0 Å². The van der Waals surface area contributed by atoms with Crippen LogP contribution in [0.25, 0.3) is 0 Å². The fourth-order valence-corrected chi connectivity index (χ4v) is 7.54. The molecule has 2 atom stereocenters. The Morgan fingerprint density at radius 1 is 1.37 bits per heavy atom. The number of thioether (sulfide) groups is 2. The lowest BCUT2D eigenvalue weighted by molar-refractivity contribution is 0.445. The molecule has 2 unspecified atom stereocenters. The summed E-state index contributed by atoms with van der Waals surface area (Å²) in [5, 5.41) is 0.883. The second-order valence-electron chi connectivity index (χ2n) is 5.80. The Labute approximate surface area is 125 Å². The monoisotopic (exact) mass is 296 g/mol. The van der Waals surface area contributed by atoms with Gasteiger partial charge in [0.1, 0.15) is 0 Å². The molecule has 0 bridgehead atoms. The highest BCUT2D eigenvalue weighted by atomic mass is 32.2. The highest BCUT2D eigenvalue weighted by molar-refractivity contribution is 8.21. The lowest BCUT2D eigenvalue weighted by Gasteiger charge is -2.34. The number of nitrogens with zero attached hydrogens (tertiary/aromatic N) is 2. The molecule has 4 heteroatoms. The van der Waals surface area contributed by atoms with Crippen molar-refractivity contribution in [3.8, 4) is 0 Å². The van der Waals surface area contributed by atoms with Crippen LogP contribution in [0.2, 0.25) is 0 Å². The van der Waals surface area contributed by atoms with Crippen molar-refractivity contribution in [3.05, 3.63) is 18.7 Å². The van der Waals surface area contributed by atoms with Gasteiger partial charge in [-0.15, -0.1) is 23.5 Å². The number of hydrogen-bond acceptors (Lipinski definition) is 3. The van der Waals surface area contributed by atoms with E-state index in [1.54, 1.807) is 0 Å². The van der Waals surface area contributed by atoms with Crippen LogP contribution in [0.4, 0.5) is 0 Å². The van der Waals surface area contributed by atoms with Crippen LogP contribution in [0, 0.1) is 5.92 Å². The fourth-order valence-electron chi connectivity index (χ4n) is 3.40. The minimum absolute atomic E-state index is 0.501. The van der Waals surface area contributed by atoms with E-state index in [4.69, 9.17) is 0 Å². The molecule has 1 aromatic rings. The van der Waals surface area contributed by atoms with Crippen LogP contribution in [0.3, 0.4) is 0 Å². The second-order valence-corrected chi connectivity index (χ2v) is 9.04. The third-order valence-corrected chi connectivity index (χ3v) is 8.81. The van der Waals surface area contributed by atoms with E-state index in [2.05, 4.69) is 46.2 Å². The molecule has 2 aliphatic rings. The first-order valence-corrected chi connectivity index (χ1v) is 9.46. The van der Waals surface area contributed by atoms with E-state index in [1.807, 2.05) is 12.5 Å². The number of aryl methyl sites for hydroxylation is 1. The molecule has 0 spiro atoms. The molecule has 3 rings (SSSR count). The van der Waals surface area contributed by atoms with E-state index in [-0.39, 0.29) is 0 Å². The van der Waals surface area contributed by atoms with Gasteiger partial charge in [-0.25, -0.2) is 4.98 Å². The Hall–Kier alpha value is -0.0900. The van der Waals surface area contributed by atoms with E-state index in [0.717, 1.165) is 17.7 Å². The molecule has 1 saturated heterocycles. The predicted molar refractivity (Wildman–Crippen MR) is 85.7 cm³/mol. The van der Waals surface area contributed by atoms with Crippen LogP contribution in [-0.4, -0.2) is 24.6 Å². The van der Waals surface area contributed by atoms with Gasteiger partial charge in [0.2, 0.25) is 0 Å². The van der Waals surface area contributed by atoms with E-state index in [9.17, 15) is 0 Å². The average molecular weight is 297 g/mol. The van der Waals surface area contributed by atoms with Crippen LogP contribution < -0.4 is 0 Å². The maximum Gasteiger partial charge on any atom is 0.0945 e. The van der Waals surface area contributed by atoms with Crippen LogP contribution >= 0.6 is 23.5 Å². The first kappa shape index (κ1) is 13.9. The first-order valence-electron chi connectivity index (χ1n) is 7.60. The summed E-state index contributed by atoms with van der Waals surface area (Å²) in [5.41, 5.74) is 0. The molecule has 2 heterocycles. The summed E-state index contributed by atoms with van der Waals surface area (Å²) in [4.78, 5) is 4.17. The zero-order valence-electron chi connectivity index (χ0n) is 11.8. The minimum Gasteiger partial charge on any atom is -0.337 e. The lowest BCUT2D eigenvalue weighted by Crippen LogP contribution is -2.29. The summed E-state index contributed by atoms with van der Waals surface area (Å²) in [6.07, 6.45) is 14.4. The lowest BCUT2D eigenvalue weighted by atomic mass is 10.0. The standard InChI is InChI=1S/C15H24N2S2/c1-2-14-11-18-15(19-14,13-5-3-4-6-13)7-9-17-10-8-16-12-17/h8,10,12-14H,2-7,9,11H2,1H3. The Kier molecular flexibility index (Phi) is 4.47. The van der Waals surface area contributed by atoms with Crippen molar-refractivity contribution in [2.24, 2.45) is 5.92 Å². The van der Waals surface area contributed by atoms with Crippen LogP contribution in [0.1, 0.15) is 45.4 Å². The molecule has 2 nitrogen and oxygen atoms in total. The van der Waals surface area contributed by atoms with Gasteiger partial charge >= 0.3 is 0 Å². The molecular weight excluding hydrogens is 272 g/mol. The van der Waals surface area contributed by atoms with Crippen molar-refractivity contribution in [1.82, 2.24) is 9.55 Å². The van der Waals surface area contributed by atoms with Crippen molar-refractivity contribution in [2.45, 2.75) is 61.3 Å². The largest absolute Gasteiger partial charge is 0.337 e. The van der Waals surface area contributed by atoms with Gasteiger partial charge in [0.25, 0.3) is 0 Å². The smallest absolute Gasteiger partial charge is 0.0945 e. The SMILES string of the molecule is CCC1CSC(CCn2ccnc2)(C2CCCC2)S1. The van der Waals surface area contributed by atoms with Gasteiger partial charge < -0.3 is 4.57 Å². The molecular formula is C15H24N2S2. The Morgan fingerprint density at radius 2 is 2.21 bits per heavy atom. The van der Waals surface area contributed by atoms with Crippen molar-refractivity contribution in [2.75, 3.05) is 5.75 Å². The summed E-state index contributed by atoms with van der Waals surface area (Å²) >= 11 is 4.58. The van der Waals surface area contributed by atoms with Gasteiger partial charge in [0, 0.05) is 29.9 Å². The zero-order chi connectivity index (χ0) is 13.1. The van der Waals surface area contributed by atoms with Gasteiger partial charge in [-0.1, -0.05) is 19.8 Å².